The van der Waals surface area contributed by atoms with Crippen LogP contribution in [0.4, 0.5) is 4.39 Å². The van der Waals surface area contributed by atoms with Crippen LogP contribution in [-0.4, -0.2) is 44.5 Å². The first-order valence-corrected chi connectivity index (χ1v) is 18.6. The van der Waals surface area contributed by atoms with Crippen molar-refractivity contribution in [2.45, 2.75) is 134 Å². The molecule has 0 aromatic heterocycles. The number of Topliss-reactive ketones (excluding diaryl/α,β-unsaturated/α-hetero) is 1. The second kappa shape index (κ2) is 21.9. The minimum atomic E-state index is -0.531. The van der Waals surface area contributed by atoms with Gasteiger partial charge in [-0.15, -0.1) is 0 Å². The molecule has 1 aliphatic heterocycles. The molecule has 0 bridgehead atoms. The van der Waals surface area contributed by atoms with Gasteiger partial charge >= 0.3 is 0 Å². The van der Waals surface area contributed by atoms with E-state index in [0.717, 1.165) is 76.6 Å². The summed E-state index contributed by atoms with van der Waals surface area (Å²) in [4.78, 5) is 15.3. The molecule has 2 aromatic carbocycles. The van der Waals surface area contributed by atoms with Crippen molar-refractivity contribution in [3.63, 3.8) is 0 Å². The molecule has 2 aromatic rings. The molecule has 1 unspecified atom stereocenters. The van der Waals surface area contributed by atoms with Gasteiger partial charge in [0.15, 0.2) is 17.3 Å². The van der Waals surface area contributed by atoms with Crippen LogP contribution in [0.5, 0.6) is 11.5 Å². The molecule has 0 N–H and O–H groups in total. The molecule has 6 heteroatoms. The van der Waals surface area contributed by atoms with Gasteiger partial charge in [0.1, 0.15) is 5.82 Å². The number of likely N-dealkylation sites (tertiary alicyclic amines) is 1. The minimum Gasteiger partial charge on any atom is -0.493 e. The fourth-order valence-electron chi connectivity index (χ4n) is 7.20. The molecular formula is C41H61FN2O3. The van der Waals surface area contributed by atoms with Crippen LogP contribution in [0, 0.1) is 23.1 Å². The zero-order valence-electron chi connectivity index (χ0n) is 29.7. The number of piperidine rings is 1. The van der Waals surface area contributed by atoms with Crippen LogP contribution in [0.3, 0.4) is 0 Å². The minimum absolute atomic E-state index is 0.0229. The summed E-state index contributed by atoms with van der Waals surface area (Å²) in [5.74, 6) is 1.23. The van der Waals surface area contributed by atoms with E-state index in [0.29, 0.717) is 17.1 Å². The number of benzene rings is 2. The molecule has 0 spiro atoms. The summed E-state index contributed by atoms with van der Waals surface area (Å²) in [6, 6.07) is 14.7. The number of carbonyl (C=O) groups is 1. The zero-order chi connectivity index (χ0) is 33.7. The second-order valence-electron chi connectivity index (χ2n) is 13.7. The van der Waals surface area contributed by atoms with Crippen LogP contribution in [-0.2, 0) is 5.41 Å². The third kappa shape index (κ3) is 12.9. The lowest BCUT2D eigenvalue weighted by Crippen LogP contribution is -2.37. The Labute approximate surface area is 285 Å². The number of nitrogens with zero attached hydrogens (tertiary/aromatic N) is 2. The maximum absolute atomic E-state index is 13.3. The average Bonchev–Trinajstić information content (AvgIpc) is 3.11. The van der Waals surface area contributed by atoms with Gasteiger partial charge in [0, 0.05) is 11.5 Å². The lowest BCUT2D eigenvalue weighted by molar-refractivity contribution is 0.0838. The molecule has 5 nitrogen and oxygen atoms in total. The standard InChI is InChI=1S/C41H61FN2O3/c1-4-5-6-7-8-9-10-11-12-13-14-16-27-41(33-43,36-21-24-38(46-2)39(32-36)47-3)28-17-15-18-29-44-30-25-35(26-31-44)40(45)34-19-22-37(42)23-20-34/h19-24,32,35H,4-18,25-31H2,1-3H3. The van der Waals surface area contributed by atoms with Crippen LogP contribution in [0.25, 0.3) is 0 Å². The lowest BCUT2D eigenvalue weighted by Gasteiger charge is -2.31. The summed E-state index contributed by atoms with van der Waals surface area (Å²) in [5.41, 5.74) is 1.12. The Morgan fingerprint density at radius 2 is 1.32 bits per heavy atom. The molecular weight excluding hydrogens is 587 g/mol. The Bertz CT molecular complexity index is 1200. The largest absolute Gasteiger partial charge is 0.493 e. The summed E-state index contributed by atoms with van der Waals surface area (Å²) >= 11 is 0. The third-order valence-electron chi connectivity index (χ3n) is 10.3. The molecule has 1 fully saturated rings. The molecule has 47 heavy (non-hydrogen) atoms. The van der Waals surface area contributed by atoms with Crippen molar-refractivity contribution in [3.05, 3.63) is 59.4 Å². The Morgan fingerprint density at radius 1 is 0.787 bits per heavy atom. The van der Waals surface area contributed by atoms with Crippen molar-refractivity contribution in [1.29, 1.82) is 5.26 Å². The summed E-state index contributed by atoms with van der Waals surface area (Å²) < 4.78 is 24.4. The average molecular weight is 649 g/mol. The molecule has 1 aliphatic rings. The first-order chi connectivity index (χ1) is 23.0. The molecule has 1 saturated heterocycles. The molecule has 3 rings (SSSR count). The smallest absolute Gasteiger partial charge is 0.166 e. The maximum Gasteiger partial charge on any atom is 0.166 e. The van der Waals surface area contributed by atoms with Gasteiger partial charge in [0.2, 0.25) is 0 Å². The van der Waals surface area contributed by atoms with Gasteiger partial charge in [-0.3, -0.25) is 4.79 Å². The van der Waals surface area contributed by atoms with Crippen LogP contribution in [0.1, 0.15) is 145 Å². The second-order valence-corrected chi connectivity index (χ2v) is 13.7. The van der Waals surface area contributed by atoms with Crippen LogP contribution in [0.15, 0.2) is 42.5 Å². The van der Waals surface area contributed by atoms with Crippen LogP contribution < -0.4 is 9.47 Å². The lowest BCUT2D eigenvalue weighted by atomic mass is 9.73. The van der Waals surface area contributed by atoms with Crippen molar-refractivity contribution >= 4 is 5.78 Å². The Hall–Kier alpha value is -2.91. The van der Waals surface area contributed by atoms with E-state index in [4.69, 9.17) is 9.47 Å². The number of nitriles is 1. The number of methoxy groups -OCH3 is 2. The summed E-state index contributed by atoms with van der Waals surface area (Å²) in [7, 11) is 3.30. The normalized spacial score (nSPS) is 15.2. The highest BCUT2D eigenvalue weighted by atomic mass is 19.1. The number of unbranched alkanes of at least 4 members (excludes halogenated alkanes) is 13. The molecule has 1 heterocycles. The summed E-state index contributed by atoms with van der Waals surface area (Å²) in [5, 5.41) is 10.6. The number of carbonyl (C=O) groups excluding carboxylic acids is 1. The molecule has 0 radical (unpaired) electrons. The van der Waals surface area contributed by atoms with E-state index in [1.807, 2.05) is 12.1 Å². The van der Waals surface area contributed by atoms with Crippen molar-refractivity contribution in [2.75, 3.05) is 33.9 Å². The Balaban J connectivity index is 1.44. The summed E-state index contributed by atoms with van der Waals surface area (Å²) in [6.07, 6.45) is 22.2. The van der Waals surface area contributed by atoms with Crippen molar-refractivity contribution in [3.8, 4) is 17.6 Å². The third-order valence-corrected chi connectivity index (χ3v) is 10.3. The molecule has 0 amide bonds. The van der Waals surface area contributed by atoms with Gasteiger partial charge in [-0.25, -0.2) is 4.39 Å². The number of ketones is 1. The highest BCUT2D eigenvalue weighted by Crippen LogP contribution is 2.39. The van der Waals surface area contributed by atoms with E-state index in [1.165, 1.54) is 82.8 Å². The molecule has 260 valence electrons. The Morgan fingerprint density at radius 3 is 1.85 bits per heavy atom. The van der Waals surface area contributed by atoms with Gasteiger partial charge in [-0.05, 0) is 93.7 Å². The molecule has 1 atom stereocenters. The van der Waals surface area contributed by atoms with Crippen molar-refractivity contribution in [1.82, 2.24) is 4.90 Å². The fourth-order valence-corrected chi connectivity index (χ4v) is 7.20. The number of hydrogen-bond acceptors (Lipinski definition) is 5. The first kappa shape index (κ1) is 38.5. The predicted molar refractivity (Wildman–Crippen MR) is 191 cm³/mol. The number of ether oxygens (including phenoxy) is 2. The van der Waals surface area contributed by atoms with E-state index >= 15 is 0 Å². The number of hydrogen-bond donors (Lipinski definition) is 0. The van der Waals surface area contributed by atoms with Gasteiger partial charge in [0.25, 0.3) is 0 Å². The van der Waals surface area contributed by atoms with E-state index in [2.05, 4.69) is 24.0 Å². The van der Waals surface area contributed by atoms with Gasteiger partial charge in [-0.1, -0.05) is 103 Å². The van der Waals surface area contributed by atoms with E-state index in [-0.39, 0.29) is 17.5 Å². The highest BCUT2D eigenvalue weighted by molar-refractivity contribution is 5.97. The maximum atomic E-state index is 13.3. The van der Waals surface area contributed by atoms with Crippen molar-refractivity contribution in [2.24, 2.45) is 5.92 Å². The monoisotopic (exact) mass is 648 g/mol. The van der Waals surface area contributed by atoms with Gasteiger partial charge in [0.05, 0.1) is 25.7 Å². The van der Waals surface area contributed by atoms with E-state index in [1.54, 1.807) is 26.4 Å². The van der Waals surface area contributed by atoms with Gasteiger partial charge < -0.3 is 14.4 Å². The van der Waals surface area contributed by atoms with Crippen LogP contribution >= 0.6 is 0 Å². The van der Waals surface area contributed by atoms with Gasteiger partial charge in [-0.2, -0.15) is 5.26 Å². The summed E-state index contributed by atoms with van der Waals surface area (Å²) in [6.45, 7) is 5.13. The van der Waals surface area contributed by atoms with E-state index < -0.39 is 5.41 Å². The topological polar surface area (TPSA) is 62.6 Å². The van der Waals surface area contributed by atoms with Crippen molar-refractivity contribution < 1.29 is 18.7 Å². The predicted octanol–water partition coefficient (Wildman–Crippen LogP) is 10.9. The SMILES string of the molecule is CCCCCCCCCCCCCCC(C#N)(CCCCCN1CCC(C(=O)c2ccc(F)cc2)CC1)c1ccc(OC)c(OC)c1. The molecule has 0 saturated carbocycles. The van der Waals surface area contributed by atoms with Crippen LogP contribution in [0.2, 0.25) is 0 Å². The fraction of sp³-hybridized carbons (Fsp3) is 0.659. The number of rotatable bonds is 24. The highest BCUT2D eigenvalue weighted by Gasteiger charge is 2.32. The Kier molecular flexibility index (Phi) is 17.9. The quantitative estimate of drug-likeness (QED) is 0.0837. The first-order valence-electron chi connectivity index (χ1n) is 18.6. The molecule has 0 aliphatic carbocycles. The van der Waals surface area contributed by atoms with E-state index in [9.17, 15) is 14.4 Å². The number of halogens is 1. The zero-order valence-corrected chi connectivity index (χ0v) is 29.7.